The fraction of sp³-hybridized carbons (Fsp3) is 0. The van der Waals surface area contributed by atoms with Gasteiger partial charge in [-0.15, -0.1) is 11.3 Å². The number of benzene rings is 2. The van der Waals surface area contributed by atoms with Crippen molar-refractivity contribution >= 4 is 51.8 Å². The number of thiophene rings is 1. The Kier molecular flexibility index (Phi) is 4.67. The second-order valence-corrected chi connectivity index (χ2v) is 6.78. The number of nitrogens with one attached hydrogen (secondary N) is 3. The summed E-state index contributed by atoms with van der Waals surface area (Å²) in [4.78, 5) is 13.2. The molecule has 0 atom stereocenters. The van der Waals surface area contributed by atoms with Crippen LogP contribution in [0.2, 0.25) is 0 Å². The molecule has 2 aromatic heterocycles. The minimum Gasteiger partial charge on any atom is -0.308 e. The van der Waals surface area contributed by atoms with Gasteiger partial charge in [-0.25, -0.2) is 9.18 Å². The summed E-state index contributed by atoms with van der Waals surface area (Å²) in [6, 6.07) is 14.7. The van der Waals surface area contributed by atoms with Crippen molar-refractivity contribution < 1.29 is 9.18 Å². The number of anilines is 2. The van der Waals surface area contributed by atoms with E-state index in [1.807, 2.05) is 47.9 Å². The Hall–Kier alpha value is -3.45. The summed E-state index contributed by atoms with van der Waals surface area (Å²) in [5, 5.41) is 15.7. The van der Waals surface area contributed by atoms with E-state index in [4.69, 9.17) is 0 Å². The molecule has 0 aliphatic rings. The van der Waals surface area contributed by atoms with Crippen LogP contribution in [-0.4, -0.2) is 16.2 Å². The fourth-order valence-electron chi connectivity index (χ4n) is 2.62. The number of aromatic amines is 1. The molecule has 134 valence electrons. The smallest absolute Gasteiger partial charge is 0.308 e. The number of fused-ring (bicyclic) bond motifs is 1. The van der Waals surface area contributed by atoms with Crippen LogP contribution >= 0.6 is 11.3 Å². The number of amides is 2. The number of carbonyl (C=O) groups excluding carboxylic acids is 1. The van der Waals surface area contributed by atoms with Crippen LogP contribution in [0.5, 0.6) is 0 Å². The highest BCUT2D eigenvalue weighted by Crippen LogP contribution is 2.23. The van der Waals surface area contributed by atoms with Crippen molar-refractivity contribution in [1.29, 1.82) is 0 Å². The molecule has 7 heteroatoms. The third-order valence-electron chi connectivity index (χ3n) is 3.90. The third kappa shape index (κ3) is 4.04. The van der Waals surface area contributed by atoms with Crippen molar-refractivity contribution in [3.05, 3.63) is 76.4 Å². The SMILES string of the molecule is O=C(Nc1ccc(F)cc1)Nc1ccc2c(/C=C/c3cccs3)n[nH]c2c1. The standard InChI is InChI=1S/C20H15FN4OS/c21-13-3-5-14(6-4-13)22-20(26)23-15-7-9-17-18(24-25-19(17)12-15)10-8-16-2-1-11-27-16/h1-12H,(H,24,25)(H2,22,23,26)/b10-8+. The maximum Gasteiger partial charge on any atom is 0.323 e. The maximum absolute atomic E-state index is 12.9. The number of carbonyl (C=O) groups is 1. The van der Waals surface area contributed by atoms with Crippen LogP contribution in [0.1, 0.15) is 10.6 Å². The lowest BCUT2D eigenvalue weighted by atomic mass is 10.2. The van der Waals surface area contributed by atoms with Crippen molar-refractivity contribution in [3.8, 4) is 0 Å². The van der Waals surface area contributed by atoms with Crippen LogP contribution in [0, 0.1) is 5.82 Å². The first-order valence-corrected chi connectivity index (χ1v) is 9.09. The number of halogens is 1. The van der Waals surface area contributed by atoms with Gasteiger partial charge in [0.25, 0.3) is 0 Å². The zero-order valence-electron chi connectivity index (χ0n) is 14.1. The first-order chi connectivity index (χ1) is 13.2. The van der Waals surface area contributed by atoms with Crippen molar-refractivity contribution in [1.82, 2.24) is 10.2 Å². The molecule has 0 unspecified atom stereocenters. The number of hydrogen-bond donors (Lipinski definition) is 3. The van der Waals surface area contributed by atoms with Gasteiger partial charge in [0.1, 0.15) is 5.82 Å². The molecule has 2 heterocycles. The van der Waals surface area contributed by atoms with Gasteiger partial charge in [0.05, 0.1) is 11.2 Å². The van der Waals surface area contributed by atoms with Crippen LogP contribution in [0.15, 0.2) is 60.0 Å². The molecule has 5 nitrogen and oxygen atoms in total. The molecule has 0 aliphatic carbocycles. The highest BCUT2D eigenvalue weighted by molar-refractivity contribution is 7.10. The van der Waals surface area contributed by atoms with Gasteiger partial charge in [-0.3, -0.25) is 5.10 Å². The van der Waals surface area contributed by atoms with Gasteiger partial charge < -0.3 is 10.6 Å². The van der Waals surface area contributed by atoms with E-state index in [0.29, 0.717) is 11.4 Å². The van der Waals surface area contributed by atoms with Crippen molar-refractivity contribution in [2.75, 3.05) is 10.6 Å². The number of nitrogens with zero attached hydrogens (tertiary/aromatic N) is 1. The average molecular weight is 378 g/mol. The Morgan fingerprint density at radius 1 is 1.04 bits per heavy atom. The first-order valence-electron chi connectivity index (χ1n) is 8.21. The molecule has 4 aromatic rings. The molecule has 3 N–H and O–H groups in total. The van der Waals surface area contributed by atoms with Crippen LogP contribution in [-0.2, 0) is 0 Å². The van der Waals surface area contributed by atoms with Crippen molar-refractivity contribution in [2.24, 2.45) is 0 Å². The molecule has 0 saturated carbocycles. The topological polar surface area (TPSA) is 69.8 Å². The van der Waals surface area contributed by atoms with Gasteiger partial charge in [0.2, 0.25) is 0 Å². The molecular weight excluding hydrogens is 363 g/mol. The predicted octanol–water partition coefficient (Wildman–Crippen LogP) is 5.58. The molecule has 2 amide bonds. The molecule has 0 bridgehead atoms. The molecular formula is C20H15FN4OS. The Bertz CT molecular complexity index is 1100. The van der Waals surface area contributed by atoms with Gasteiger partial charge in [-0.1, -0.05) is 6.07 Å². The summed E-state index contributed by atoms with van der Waals surface area (Å²) >= 11 is 1.66. The fourth-order valence-corrected chi connectivity index (χ4v) is 3.24. The highest BCUT2D eigenvalue weighted by atomic mass is 32.1. The summed E-state index contributed by atoms with van der Waals surface area (Å²) in [7, 11) is 0. The van der Waals surface area contributed by atoms with E-state index in [0.717, 1.165) is 21.5 Å². The van der Waals surface area contributed by atoms with Gasteiger partial charge in [0, 0.05) is 21.6 Å². The van der Waals surface area contributed by atoms with Crippen LogP contribution < -0.4 is 10.6 Å². The van der Waals surface area contributed by atoms with Crippen LogP contribution in [0.4, 0.5) is 20.6 Å². The first kappa shape index (κ1) is 17.0. The number of H-pyrrole nitrogens is 1. The van der Waals surface area contributed by atoms with Gasteiger partial charge in [-0.05, 0) is 66.1 Å². The van der Waals surface area contributed by atoms with E-state index in [1.54, 1.807) is 11.3 Å². The average Bonchev–Trinajstić information content (AvgIpc) is 3.31. The van der Waals surface area contributed by atoms with E-state index >= 15 is 0 Å². The van der Waals surface area contributed by atoms with Crippen molar-refractivity contribution in [2.45, 2.75) is 0 Å². The number of aromatic nitrogens is 2. The van der Waals surface area contributed by atoms with Gasteiger partial charge in [-0.2, -0.15) is 5.10 Å². The number of urea groups is 1. The Morgan fingerprint density at radius 3 is 2.59 bits per heavy atom. The van der Waals surface area contributed by atoms with E-state index in [9.17, 15) is 9.18 Å². The minimum absolute atomic E-state index is 0.352. The van der Waals surface area contributed by atoms with E-state index < -0.39 is 6.03 Å². The lowest BCUT2D eigenvalue weighted by Crippen LogP contribution is -2.19. The Labute approximate surface area is 158 Å². The van der Waals surface area contributed by atoms with Crippen molar-refractivity contribution in [3.63, 3.8) is 0 Å². The number of rotatable bonds is 4. The molecule has 0 aliphatic heterocycles. The van der Waals surface area contributed by atoms with Gasteiger partial charge >= 0.3 is 6.03 Å². The van der Waals surface area contributed by atoms with E-state index in [-0.39, 0.29) is 5.82 Å². The molecule has 0 fully saturated rings. The summed E-state index contributed by atoms with van der Waals surface area (Å²) in [5.41, 5.74) is 2.79. The molecule has 4 rings (SSSR count). The zero-order valence-corrected chi connectivity index (χ0v) is 14.9. The molecule has 0 saturated heterocycles. The Morgan fingerprint density at radius 2 is 1.81 bits per heavy atom. The van der Waals surface area contributed by atoms with Gasteiger partial charge in [0.15, 0.2) is 0 Å². The molecule has 2 aromatic carbocycles. The minimum atomic E-state index is -0.404. The normalized spacial score (nSPS) is 11.1. The quantitative estimate of drug-likeness (QED) is 0.434. The largest absolute Gasteiger partial charge is 0.323 e. The second kappa shape index (κ2) is 7.43. The predicted molar refractivity (Wildman–Crippen MR) is 108 cm³/mol. The lowest BCUT2D eigenvalue weighted by molar-refractivity contribution is 0.262. The summed E-state index contributed by atoms with van der Waals surface area (Å²) < 4.78 is 12.9. The lowest BCUT2D eigenvalue weighted by Gasteiger charge is -2.07. The van der Waals surface area contributed by atoms with Crippen LogP contribution in [0.3, 0.4) is 0 Å². The second-order valence-electron chi connectivity index (χ2n) is 5.80. The summed E-state index contributed by atoms with van der Waals surface area (Å²) in [6.07, 6.45) is 3.97. The summed E-state index contributed by atoms with van der Waals surface area (Å²) in [5.74, 6) is -0.352. The third-order valence-corrected chi connectivity index (χ3v) is 4.74. The molecule has 0 radical (unpaired) electrons. The highest BCUT2D eigenvalue weighted by Gasteiger charge is 2.07. The monoisotopic (exact) mass is 378 g/mol. The molecule has 27 heavy (non-hydrogen) atoms. The van der Waals surface area contributed by atoms with Crippen LogP contribution in [0.25, 0.3) is 23.1 Å². The van der Waals surface area contributed by atoms with E-state index in [2.05, 4.69) is 20.8 Å². The molecule has 0 spiro atoms. The summed E-state index contributed by atoms with van der Waals surface area (Å²) in [6.45, 7) is 0. The van der Waals surface area contributed by atoms with E-state index in [1.165, 1.54) is 24.3 Å². The number of hydrogen-bond acceptors (Lipinski definition) is 3. The zero-order chi connectivity index (χ0) is 18.6. The Balaban J connectivity index is 1.47. The maximum atomic E-state index is 12.9.